The largest absolute Gasteiger partial charge is 0.350 e. The monoisotopic (exact) mass is 414 g/mol. The molecule has 3 aromatic rings. The SMILES string of the molecule is CC(C)(C)C1=NN(CC(=O)NCc2cccs2)C(=O)c2cc3sccc3n2C1. The summed E-state index contributed by atoms with van der Waals surface area (Å²) in [7, 11) is 0. The number of nitrogens with one attached hydrogen (secondary N) is 1. The first kappa shape index (κ1) is 18.9. The van der Waals surface area contributed by atoms with Crippen molar-refractivity contribution in [3.8, 4) is 0 Å². The first-order chi connectivity index (χ1) is 13.3. The topological polar surface area (TPSA) is 66.7 Å². The second-order valence-electron chi connectivity index (χ2n) is 7.80. The molecule has 0 saturated carbocycles. The molecule has 3 aromatic heterocycles. The van der Waals surface area contributed by atoms with Crippen LogP contribution in [0.5, 0.6) is 0 Å². The Kier molecular flexibility index (Phi) is 4.84. The molecular formula is C20H22N4O2S2. The van der Waals surface area contributed by atoms with Crippen LogP contribution in [0.15, 0.2) is 40.1 Å². The van der Waals surface area contributed by atoms with E-state index in [1.807, 2.05) is 39.6 Å². The molecule has 4 heterocycles. The third-order valence-corrected chi connectivity index (χ3v) is 6.45. The van der Waals surface area contributed by atoms with E-state index in [0.717, 1.165) is 20.8 Å². The van der Waals surface area contributed by atoms with Crippen molar-refractivity contribution in [1.29, 1.82) is 0 Å². The fourth-order valence-electron chi connectivity index (χ4n) is 3.11. The van der Waals surface area contributed by atoms with Gasteiger partial charge >= 0.3 is 0 Å². The van der Waals surface area contributed by atoms with Gasteiger partial charge in [0.05, 0.1) is 29.0 Å². The Bertz CT molecular complexity index is 1050. The van der Waals surface area contributed by atoms with Crippen LogP contribution in [0.4, 0.5) is 0 Å². The van der Waals surface area contributed by atoms with E-state index in [2.05, 4.69) is 31.2 Å². The highest BCUT2D eigenvalue weighted by Crippen LogP contribution is 2.30. The quantitative estimate of drug-likeness (QED) is 0.703. The minimum Gasteiger partial charge on any atom is -0.350 e. The maximum absolute atomic E-state index is 13.2. The number of carbonyl (C=O) groups excluding carboxylic acids is 2. The molecule has 8 heteroatoms. The van der Waals surface area contributed by atoms with Gasteiger partial charge in [0.2, 0.25) is 5.91 Å². The average molecular weight is 415 g/mol. The number of amides is 2. The molecule has 0 saturated heterocycles. The molecule has 0 fully saturated rings. The van der Waals surface area contributed by atoms with Crippen LogP contribution in [-0.2, 0) is 17.9 Å². The lowest BCUT2D eigenvalue weighted by Gasteiger charge is -2.23. The van der Waals surface area contributed by atoms with Crippen LogP contribution in [-0.4, -0.2) is 33.6 Å². The Morgan fingerprint density at radius 3 is 2.79 bits per heavy atom. The summed E-state index contributed by atoms with van der Waals surface area (Å²) in [5.74, 6) is -0.463. The summed E-state index contributed by atoms with van der Waals surface area (Å²) in [6, 6.07) is 7.85. The summed E-state index contributed by atoms with van der Waals surface area (Å²) in [6.45, 7) is 7.13. The van der Waals surface area contributed by atoms with Gasteiger partial charge in [-0.1, -0.05) is 26.8 Å². The predicted octanol–water partition coefficient (Wildman–Crippen LogP) is 3.94. The van der Waals surface area contributed by atoms with Gasteiger partial charge in [-0.05, 0) is 29.0 Å². The number of fused-ring (bicyclic) bond motifs is 3. The number of hydrogen-bond donors (Lipinski definition) is 1. The van der Waals surface area contributed by atoms with Crippen molar-refractivity contribution in [3.05, 3.63) is 45.6 Å². The van der Waals surface area contributed by atoms with Gasteiger partial charge in [0.15, 0.2) is 0 Å². The molecule has 6 nitrogen and oxygen atoms in total. The molecule has 0 radical (unpaired) electrons. The van der Waals surface area contributed by atoms with E-state index >= 15 is 0 Å². The van der Waals surface area contributed by atoms with E-state index < -0.39 is 0 Å². The van der Waals surface area contributed by atoms with Crippen LogP contribution in [0.3, 0.4) is 0 Å². The van der Waals surface area contributed by atoms with Crippen LogP contribution in [0.2, 0.25) is 0 Å². The molecule has 1 N–H and O–H groups in total. The van der Waals surface area contributed by atoms with Crippen molar-refractivity contribution in [2.45, 2.75) is 33.9 Å². The van der Waals surface area contributed by atoms with Crippen LogP contribution >= 0.6 is 22.7 Å². The average Bonchev–Trinajstić information content (AvgIpc) is 3.34. The molecule has 0 bridgehead atoms. The molecule has 0 aromatic carbocycles. The lowest BCUT2D eigenvalue weighted by molar-refractivity contribution is -0.121. The van der Waals surface area contributed by atoms with E-state index in [1.54, 1.807) is 22.7 Å². The fraction of sp³-hybridized carbons (Fsp3) is 0.350. The van der Waals surface area contributed by atoms with Crippen LogP contribution < -0.4 is 5.32 Å². The van der Waals surface area contributed by atoms with Crippen molar-refractivity contribution in [2.75, 3.05) is 6.54 Å². The highest BCUT2D eigenvalue weighted by molar-refractivity contribution is 7.17. The molecular weight excluding hydrogens is 392 g/mol. The summed E-state index contributed by atoms with van der Waals surface area (Å²) in [4.78, 5) is 26.7. The minimum absolute atomic E-state index is 0.0946. The number of rotatable bonds is 4. The normalized spacial score (nSPS) is 14.8. The number of aromatic nitrogens is 1. The molecule has 28 heavy (non-hydrogen) atoms. The Morgan fingerprint density at radius 2 is 2.07 bits per heavy atom. The number of hydrazone groups is 1. The Hall–Kier alpha value is -2.45. The third-order valence-electron chi connectivity index (χ3n) is 4.72. The van der Waals surface area contributed by atoms with Gasteiger partial charge in [-0.2, -0.15) is 5.10 Å². The molecule has 0 unspecified atom stereocenters. The Labute approximate surface area is 171 Å². The van der Waals surface area contributed by atoms with Crippen LogP contribution in [0.1, 0.15) is 36.1 Å². The van der Waals surface area contributed by atoms with Gasteiger partial charge < -0.3 is 9.88 Å². The third kappa shape index (κ3) is 3.62. The highest BCUT2D eigenvalue weighted by Gasteiger charge is 2.31. The van der Waals surface area contributed by atoms with Crippen molar-refractivity contribution < 1.29 is 9.59 Å². The molecule has 146 valence electrons. The van der Waals surface area contributed by atoms with Crippen molar-refractivity contribution >= 4 is 50.4 Å². The van der Waals surface area contributed by atoms with Gasteiger partial charge in [0.1, 0.15) is 12.2 Å². The molecule has 4 rings (SSSR count). The van der Waals surface area contributed by atoms with Gasteiger partial charge in [0, 0.05) is 10.3 Å². The number of hydrogen-bond acceptors (Lipinski definition) is 5. The molecule has 2 amide bonds. The Balaban J connectivity index is 1.62. The summed E-state index contributed by atoms with van der Waals surface area (Å²) in [5.41, 5.74) is 2.26. The summed E-state index contributed by atoms with van der Waals surface area (Å²) in [6.07, 6.45) is 0. The van der Waals surface area contributed by atoms with Gasteiger partial charge in [-0.15, -0.1) is 22.7 Å². The first-order valence-electron chi connectivity index (χ1n) is 9.08. The predicted molar refractivity (Wildman–Crippen MR) is 114 cm³/mol. The zero-order valence-electron chi connectivity index (χ0n) is 16.1. The second kappa shape index (κ2) is 7.18. The van der Waals surface area contributed by atoms with E-state index in [-0.39, 0.29) is 23.8 Å². The second-order valence-corrected chi connectivity index (χ2v) is 9.78. The molecule has 0 aliphatic carbocycles. The molecule has 0 atom stereocenters. The van der Waals surface area contributed by atoms with E-state index in [4.69, 9.17) is 0 Å². The van der Waals surface area contributed by atoms with Gasteiger partial charge in [-0.25, -0.2) is 5.01 Å². The Morgan fingerprint density at radius 1 is 1.25 bits per heavy atom. The highest BCUT2D eigenvalue weighted by atomic mass is 32.1. The molecule has 1 aliphatic heterocycles. The number of thiophene rings is 2. The summed E-state index contributed by atoms with van der Waals surface area (Å²) in [5, 5.41) is 12.8. The maximum atomic E-state index is 13.2. The van der Waals surface area contributed by atoms with Crippen molar-refractivity contribution in [1.82, 2.24) is 14.9 Å². The van der Waals surface area contributed by atoms with E-state index in [1.165, 1.54) is 5.01 Å². The van der Waals surface area contributed by atoms with Crippen molar-refractivity contribution in [3.63, 3.8) is 0 Å². The maximum Gasteiger partial charge on any atom is 0.291 e. The first-order valence-corrected chi connectivity index (χ1v) is 10.8. The fourth-order valence-corrected chi connectivity index (χ4v) is 4.58. The smallest absolute Gasteiger partial charge is 0.291 e. The minimum atomic E-state index is -0.242. The van der Waals surface area contributed by atoms with Crippen LogP contribution in [0.25, 0.3) is 10.2 Å². The van der Waals surface area contributed by atoms with Crippen molar-refractivity contribution in [2.24, 2.45) is 10.5 Å². The van der Waals surface area contributed by atoms with Gasteiger partial charge in [-0.3, -0.25) is 9.59 Å². The molecule has 1 aliphatic rings. The lowest BCUT2D eigenvalue weighted by atomic mass is 9.90. The summed E-state index contributed by atoms with van der Waals surface area (Å²) < 4.78 is 3.09. The molecule has 0 spiro atoms. The van der Waals surface area contributed by atoms with E-state index in [0.29, 0.717) is 18.8 Å². The standard InChI is InChI=1S/C20H22N4O2S2/c1-20(2,3)17-11-23-14-6-8-28-16(14)9-15(23)19(26)24(22-17)12-18(25)21-10-13-5-4-7-27-13/h4-9H,10-12H2,1-3H3,(H,21,25). The lowest BCUT2D eigenvalue weighted by Crippen LogP contribution is -2.38. The zero-order chi connectivity index (χ0) is 19.9. The number of carbonyl (C=O) groups is 2. The van der Waals surface area contributed by atoms with Crippen LogP contribution in [0, 0.1) is 5.41 Å². The number of nitrogens with zero attached hydrogens (tertiary/aromatic N) is 3. The van der Waals surface area contributed by atoms with Gasteiger partial charge in [0.25, 0.3) is 5.91 Å². The zero-order valence-corrected chi connectivity index (χ0v) is 17.7. The summed E-state index contributed by atoms with van der Waals surface area (Å²) >= 11 is 3.20. The van der Waals surface area contributed by atoms with E-state index in [9.17, 15) is 9.59 Å².